The third-order valence-electron chi connectivity index (χ3n) is 4.19. The minimum absolute atomic E-state index is 0.547. The first kappa shape index (κ1) is 14.2. The number of hydrogen-bond donors (Lipinski definition) is 0. The first-order chi connectivity index (χ1) is 10.1. The van der Waals surface area contributed by atoms with Gasteiger partial charge in [0, 0.05) is 30.7 Å². The molecule has 2 aromatic rings. The summed E-state index contributed by atoms with van der Waals surface area (Å²) >= 11 is 0. The van der Waals surface area contributed by atoms with Crippen LogP contribution in [-0.2, 0) is 13.1 Å². The second-order valence-corrected chi connectivity index (χ2v) is 6.02. The van der Waals surface area contributed by atoms with E-state index >= 15 is 0 Å². The molecule has 0 saturated carbocycles. The zero-order valence-corrected chi connectivity index (χ0v) is 13.1. The molecule has 1 saturated heterocycles. The molecule has 21 heavy (non-hydrogen) atoms. The van der Waals surface area contributed by atoms with Crippen molar-refractivity contribution in [2.45, 2.75) is 52.7 Å². The number of nitrogens with zero attached hydrogens (tertiary/aromatic N) is 5. The molecule has 5 nitrogen and oxygen atoms in total. The van der Waals surface area contributed by atoms with Crippen LogP contribution in [0.5, 0.6) is 0 Å². The van der Waals surface area contributed by atoms with Gasteiger partial charge in [-0.25, -0.2) is 0 Å². The lowest BCUT2D eigenvalue weighted by atomic mass is 10.2. The maximum absolute atomic E-state index is 4.59. The number of aryl methyl sites for hydroxylation is 3. The minimum atomic E-state index is 0.547. The summed E-state index contributed by atoms with van der Waals surface area (Å²) in [5.74, 6) is 0. The van der Waals surface area contributed by atoms with Crippen molar-refractivity contribution in [3.8, 4) is 0 Å². The molecule has 1 unspecified atom stereocenters. The predicted molar refractivity (Wildman–Crippen MR) is 81.9 cm³/mol. The summed E-state index contributed by atoms with van der Waals surface area (Å²) in [4.78, 5) is 11.3. The normalized spacial score (nSPS) is 19.3. The summed E-state index contributed by atoms with van der Waals surface area (Å²) in [6, 6.07) is 2.69. The second-order valence-electron chi connectivity index (χ2n) is 6.02. The van der Waals surface area contributed by atoms with Gasteiger partial charge < -0.3 is 0 Å². The van der Waals surface area contributed by atoms with Gasteiger partial charge in [-0.05, 0) is 46.2 Å². The molecule has 1 fully saturated rings. The first-order valence-electron chi connectivity index (χ1n) is 7.64. The van der Waals surface area contributed by atoms with E-state index in [0.29, 0.717) is 6.04 Å². The zero-order valence-electron chi connectivity index (χ0n) is 13.1. The van der Waals surface area contributed by atoms with Crippen LogP contribution in [0.4, 0.5) is 0 Å². The van der Waals surface area contributed by atoms with Gasteiger partial charge in [-0.15, -0.1) is 0 Å². The summed E-state index contributed by atoms with van der Waals surface area (Å²) in [6.07, 6.45) is 6.23. The standard InChI is InChI=1S/C16H23N5/c1-12-7-14(3)21(19-12)11-16-5-4-6-20(16)10-15-9-17-13(2)8-18-15/h7-9,16H,4-6,10-11H2,1-3H3. The fourth-order valence-electron chi connectivity index (χ4n) is 3.08. The van der Waals surface area contributed by atoms with Crippen molar-refractivity contribution in [2.75, 3.05) is 6.54 Å². The van der Waals surface area contributed by atoms with E-state index in [0.717, 1.165) is 36.7 Å². The average molecular weight is 285 g/mol. The Morgan fingerprint density at radius 3 is 2.67 bits per heavy atom. The molecule has 112 valence electrons. The SMILES string of the molecule is Cc1cnc(CN2CCCC2Cn2nc(C)cc2C)cn1. The lowest BCUT2D eigenvalue weighted by molar-refractivity contribution is 0.215. The Kier molecular flexibility index (Phi) is 4.01. The molecule has 1 aliphatic heterocycles. The maximum Gasteiger partial charge on any atom is 0.0727 e. The molecule has 1 aliphatic rings. The Hall–Kier alpha value is -1.75. The minimum Gasteiger partial charge on any atom is -0.293 e. The number of rotatable bonds is 4. The molecule has 3 heterocycles. The van der Waals surface area contributed by atoms with E-state index in [2.05, 4.69) is 44.6 Å². The van der Waals surface area contributed by atoms with Gasteiger partial charge in [0.15, 0.2) is 0 Å². The maximum atomic E-state index is 4.59. The van der Waals surface area contributed by atoms with Gasteiger partial charge in [0.2, 0.25) is 0 Å². The number of hydrogen-bond acceptors (Lipinski definition) is 4. The van der Waals surface area contributed by atoms with E-state index in [1.807, 2.05) is 19.3 Å². The average Bonchev–Trinajstić information content (AvgIpc) is 3.00. The smallest absolute Gasteiger partial charge is 0.0727 e. The van der Waals surface area contributed by atoms with E-state index in [4.69, 9.17) is 0 Å². The van der Waals surface area contributed by atoms with E-state index < -0.39 is 0 Å². The molecule has 0 radical (unpaired) electrons. The first-order valence-corrected chi connectivity index (χ1v) is 7.64. The number of aromatic nitrogens is 4. The van der Waals surface area contributed by atoms with E-state index in [-0.39, 0.29) is 0 Å². The summed E-state index contributed by atoms with van der Waals surface area (Å²) in [6.45, 7) is 9.15. The van der Waals surface area contributed by atoms with Crippen LogP contribution in [-0.4, -0.2) is 37.2 Å². The van der Waals surface area contributed by atoms with Crippen molar-refractivity contribution in [3.05, 3.63) is 41.2 Å². The van der Waals surface area contributed by atoms with E-state index in [9.17, 15) is 0 Å². The summed E-state index contributed by atoms with van der Waals surface area (Å²) in [7, 11) is 0. The van der Waals surface area contributed by atoms with E-state index in [1.54, 1.807) is 0 Å². The van der Waals surface area contributed by atoms with E-state index in [1.165, 1.54) is 18.5 Å². The Bertz CT molecular complexity index is 602. The largest absolute Gasteiger partial charge is 0.293 e. The molecular formula is C16H23N5. The van der Waals surface area contributed by atoms with Gasteiger partial charge in [0.25, 0.3) is 0 Å². The predicted octanol–water partition coefficient (Wildman–Crippen LogP) is 2.26. The van der Waals surface area contributed by atoms with Crippen molar-refractivity contribution in [1.82, 2.24) is 24.6 Å². The molecule has 0 aliphatic carbocycles. The Morgan fingerprint density at radius 1 is 1.14 bits per heavy atom. The summed E-state index contributed by atoms with van der Waals surface area (Å²) in [5.41, 5.74) is 4.37. The third kappa shape index (κ3) is 3.29. The number of likely N-dealkylation sites (tertiary alicyclic amines) is 1. The van der Waals surface area contributed by atoms with Crippen LogP contribution in [0, 0.1) is 20.8 Å². The summed E-state index contributed by atoms with van der Waals surface area (Å²) < 4.78 is 2.14. The van der Waals surface area contributed by atoms with Crippen molar-refractivity contribution in [1.29, 1.82) is 0 Å². The monoisotopic (exact) mass is 285 g/mol. The molecule has 1 atom stereocenters. The van der Waals surface area contributed by atoms with Crippen molar-refractivity contribution >= 4 is 0 Å². The fraction of sp³-hybridized carbons (Fsp3) is 0.562. The highest BCUT2D eigenvalue weighted by Crippen LogP contribution is 2.21. The van der Waals surface area contributed by atoms with Crippen LogP contribution in [0.1, 0.15) is 35.6 Å². The van der Waals surface area contributed by atoms with Crippen LogP contribution in [0.2, 0.25) is 0 Å². The molecular weight excluding hydrogens is 262 g/mol. The zero-order chi connectivity index (χ0) is 14.8. The third-order valence-corrected chi connectivity index (χ3v) is 4.19. The van der Waals surface area contributed by atoms with Gasteiger partial charge in [-0.1, -0.05) is 0 Å². The molecule has 0 amide bonds. The fourth-order valence-corrected chi connectivity index (χ4v) is 3.08. The van der Waals surface area contributed by atoms with Crippen LogP contribution in [0.15, 0.2) is 18.5 Å². The Balaban J connectivity index is 1.67. The van der Waals surface area contributed by atoms with Gasteiger partial charge >= 0.3 is 0 Å². The Labute approximate surface area is 126 Å². The van der Waals surface area contributed by atoms with Gasteiger partial charge in [0.1, 0.15) is 0 Å². The Morgan fingerprint density at radius 2 is 2.00 bits per heavy atom. The quantitative estimate of drug-likeness (QED) is 0.864. The molecule has 2 aromatic heterocycles. The molecule has 0 bridgehead atoms. The van der Waals surface area contributed by atoms with Crippen LogP contribution < -0.4 is 0 Å². The van der Waals surface area contributed by atoms with Gasteiger partial charge in [0.05, 0.1) is 23.6 Å². The van der Waals surface area contributed by atoms with Crippen molar-refractivity contribution in [3.63, 3.8) is 0 Å². The molecule has 0 aromatic carbocycles. The second kappa shape index (κ2) is 5.93. The summed E-state index contributed by atoms with van der Waals surface area (Å²) in [5, 5.41) is 4.59. The van der Waals surface area contributed by atoms with Crippen LogP contribution in [0.25, 0.3) is 0 Å². The lowest BCUT2D eigenvalue weighted by Gasteiger charge is -2.24. The lowest BCUT2D eigenvalue weighted by Crippen LogP contribution is -2.33. The molecule has 0 spiro atoms. The van der Waals surface area contributed by atoms with Crippen LogP contribution >= 0.6 is 0 Å². The van der Waals surface area contributed by atoms with Gasteiger partial charge in [-0.3, -0.25) is 19.5 Å². The van der Waals surface area contributed by atoms with Gasteiger partial charge in [-0.2, -0.15) is 5.10 Å². The molecule has 5 heteroatoms. The highest BCUT2D eigenvalue weighted by Gasteiger charge is 2.25. The molecule has 0 N–H and O–H groups in total. The highest BCUT2D eigenvalue weighted by atomic mass is 15.3. The van der Waals surface area contributed by atoms with Crippen LogP contribution in [0.3, 0.4) is 0 Å². The molecule has 3 rings (SSSR count). The topological polar surface area (TPSA) is 46.8 Å². The van der Waals surface area contributed by atoms with Crippen molar-refractivity contribution in [2.24, 2.45) is 0 Å². The van der Waals surface area contributed by atoms with Crippen molar-refractivity contribution < 1.29 is 0 Å². The highest BCUT2D eigenvalue weighted by molar-refractivity contribution is 5.07.